The highest BCUT2D eigenvalue weighted by atomic mass is 16.5. The van der Waals surface area contributed by atoms with E-state index < -0.39 is 5.97 Å². The highest BCUT2D eigenvalue weighted by molar-refractivity contribution is 6.16. The van der Waals surface area contributed by atoms with E-state index in [1.165, 1.54) is 6.92 Å². The smallest absolute Gasteiger partial charge is 0.342 e. The van der Waals surface area contributed by atoms with Crippen molar-refractivity contribution in [3.8, 4) is 0 Å². The summed E-state index contributed by atoms with van der Waals surface area (Å²) in [5, 5.41) is 0. The van der Waals surface area contributed by atoms with Crippen molar-refractivity contribution in [1.82, 2.24) is 4.90 Å². The first-order valence-corrected chi connectivity index (χ1v) is 4.52. The van der Waals surface area contributed by atoms with Crippen LogP contribution in [0.3, 0.4) is 0 Å². The average molecular weight is 199 g/mol. The van der Waals surface area contributed by atoms with Crippen LogP contribution in [0.4, 0.5) is 0 Å². The van der Waals surface area contributed by atoms with Crippen molar-refractivity contribution in [3.05, 3.63) is 11.6 Å². The minimum Gasteiger partial charge on any atom is -0.446 e. The molecule has 4 heteroatoms. The number of carbonyl (C=O) groups excluding carboxylic acids is 2. The van der Waals surface area contributed by atoms with Crippen molar-refractivity contribution in [1.29, 1.82) is 0 Å². The summed E-state index contributed by atoms with van der Waals surface area (Å²) in [5.41, 5.74) is 0.134. The Morgan fingerprint density at radius 3 is 2.29 bits per heavy atom. The van der Waals surface area contributed by atoms with Crippen molar-refractivity contribution in [2.24, 2.45) is 0 Å². The van der Waals surface area contributed by atoms with Crippen LogP contribution in [0.15, 0.2) is 11.6 Å². The zero-order valence-electron chi connectivity index (χ0n) is 9.16. The zero-order chi connectivity index (χ0) is 11.1. The second-order valence-electron chi connectivity index (χ2n) is 3.22. The van der Waals surface area contributed by atoms with E-state index in [1.807, 2.05) is 6.92 Å². The molecule has 0 aromatic heterocycles. The molecule has 0 unspecified atom stereocenters. The van der Waals surface area contributed by atoms with Crippen molar-refractivity contribution in [2.75, 3.05) is 20.8 Å². The average Bonchev–Trinajstić information content (AvgIpc) is 2.09. The van der Waals surface area contributed by atoms with E-state index in [0.717, 1.165) is 0 Å². The molecule has 0 rings (SSSR count). The molecule has 0 aromatic rings. The summed E-state index contributed by atoms with van der Waals surface area (Å²) in [6.07, 6.45) is 2.23. The van der Waals surface area contributed by atoms with Crippen LogP contribution in [0.25, 0.3) is 0 Å². The van der Waals surface area contributed by atoms with Gasteiger partial charge in [-0.25, -0.2) is 4.79 Å². The molecule has 0 atom stereocenters. The van der Waals surface area contributed by atoms with Gasteiger partial charge in [0, 0.05) is 0 Å². The Hall–Kier alpha value is -1.16. The van der Waals surface area contributed by atoms with Gasteiger partial charge in [0.05, 0.1) is 5.57 Å². The fourth-order valence-electron chi connectivity index (χ4n) is 0.840. The van der Waals surface area contributed by atoms with E-state index in [-0.39, 0.29) is 18.1 Å². The lowest BCUT2D eigenvalue weighted by Gasteiger charge is -2.10. The van der Waals surface area contributed by atoms with Gasteiger partial charge in [0.15, 0.2) is 5.78 Å². The zero-order valence-corrected chi connectivity index (χ0v) is 9.16. The number of esters is 1. The van der Waals surface area contributed by atoms with Crippen LogP contribution in [0.2, 0.25) is 0 Å². The van der Waals surface area contributed by atoms with Gasteiger partial charge in [0.25, 0.3) is 0 Å². The molecule has 0 N–H and O–H groups in total. The SMILES string of the molecule is CCC=C(C(C)=O)C(=O)OCN(C)C. The molecule has 0 aliphatic carbocycles. The van der Waals surface area contributed by atoms with Gasteiger partial charge in [-0.3, -0.25) is 9.69 Å². The number of hydrogen-bond acceptors (Lipinski definition) is 4. The van der Waals surface area contributed by atoms with Crippen molar-refractivity contribution < 1.29 is 14.3 Å². The van der Waals surface area contributed by atoms with E-state index in [0.29, 0.717) is 6.42 Å². The Bertz CT molecular complexity index is 244. The molecule has 0 aromatic carbocycles. The lowest BCUT2D eigenvalue weighted by Crippen LogP contribution is -2.22. The number of nitrogens with zero attached hydrogens (tertiary/aromatic N) is 1. The number of carbonyl (C=O) groups is 2. The number of Topliss-reactive ketones (excluding diaryl/α,β-unsaturated/α-hetero) is 1. The summed E-state index contributed by atoms with van der Waals surface area (Å²) in [7, 11) is 3.56. The Labute approximate surface area is 84.5 Å². The highest BCUT2D eigenvalue weighted by Gasteiger charge is 2.14. The molecule has 0 saturated heterocycles. The van der Waals surface area contributed by atoms with Crippen LogP contribution in [0, 0.1) is 0 Å². The molecule has 0 saturated carbocycles. The summed E-state index contributed by atoms with van der Waals surface area (Å²) in [4.78, 5) is 24.1. The van der Waals surface area contributed by atoms with Gasteiger partial charge in [-0.15, -0.1) is 0 Å². The van der Waals surface area contributed by atoms with Crippen molar-refractivity contribution in [3.63, 3.8) is 0 Å². The highest BCUT2D eigenvalue weighted by Crippen LogP contribution is 2.02. The predicted octanol–water partition coefficient (Wildman–Crippen LogP) is 0.974. The fourth-order valence-corrected chi connectivity index (χ4v) is 0.840. The van der Waals surface area contributed by atoms with Crippen molar-refractivity contribution >= 4 is 11.8 Å². The molecule has 0 spiro atoms. The molecule has 4 nitrogen and oxygen atoms in total. The Morgan fingerprint density at radius 1 is 1.36 bits per heavy atom. The number of hydrogen-bond donors (Lipinski definition) is 0. The van der Waals surface area contributed by atoms with Crippen LogP contribution < -0.4 is 0 Å². The van der Waals surface area contributed by atoms with Gasteiger partial charge in [-0.1, -0.05) is 13.0 Å². The first-order chi connectivity index (χ1) is 6.49. The molecule has 0 heterocycles. The maximum absolute atomic E-state index is 11.3. The van der Waals surface area contributed by atoms with Crippen LogP contribution in [0.1, 0.15) is 20.3 Å². The van der Waals surface area contributed by atoms with Gasteiger partial charge in [0.1, 0.15) is 6.73 Å². The lowest BCUT2D eigenvalue weighted by molar-refractivity contribution is -0.143. The van der Waals surface area contributed by atoms with E-state index in [9.17, 15) is 9.59 Å². The summed E-state index contributed by atoms with van der Waals surface area (Å²) in [6.45, 7) is 3.41. The van der Waals surface area contributed by atoms with Gasteiger partial charge < -0.3 is 4.74 Å². The molecule has 14 heavy (non-hydrogen) atoms. The molecule has 0 fully saturated rings. The molecule has 0 amide bonds. The topological polar surface area (TPSA) is 46.6 Å². The third kappa shape index (κ3) is 4.77. The first kappa shape index (κ1) is 12.8. The predicted molar refractivity (Wildman–Crippen MR) is 53.7 cm³/mol. The number of rotatable bonds is 5. The maximum atomic E-state index is 11.3. The first-order valence-electron chi connectivity index (χ1n) is 4.52. The standard InChI is InChI=1S/C10H17NO3/c1-5-6-9(8(2)12)10(13)14-7-11(3)4/h6H,5,7H2,1-4H3. The Balaban J connectivity index is 4.32. The molecule has 0 bridgehead atoms. The minimum atomic E-state index is -0.548. The number of allylic oxidation sites excluding steroid dienone is 1. The van der Waals surface area contributed by atoms with Gasteiger partial charge in [-0.2, -0.15) is 0 Å². The van der Waals surface area contributed by atoms with Crippen LogP contribution in [0.5, 0.6) is 0 Å². The fraction of sp³-hybridized carbons (Fsp3) is 0.600. The molecule has 0 aliphatic rings. The summed E-state index contributed by atoms with van der Waals surface area (Å²) >= 11 is 0. The third-order valence-corrected chi connectivity index (χ3v) is 1.46. The van der Waals surface area contributed by atoms with Crippen molar-refractivity contribution in [2.45, 2.75) is 20.3 Å². The molecular formula is C10H17NO3. The van der Waals surface area contributed by atoms with Gasteiger partial charge >= 0.3 is 5.97 Å². The molecule has 80 valence electrons. The summed E-state index contributed by atoms with van der Waals surface area (Å²) < 4.78 is 4.88. The normalized spacial score (nSPS) is 11.6. The molecule has 0 aliphatic heterocycles. The lowest BCUT2D eigenvalue weighted by atomic mass is 10.1. The Kier molecular flexibility index (Phi) is 5.79. The number of ketones is 1. The van der Waals surface area contributed by atoms with E-state index in [4.69, 9.17) is 4.74 Å². The quantitative estimate of drug-likeness (QED) is 0.218. The summed E-state index contributed by atoms with van der Waals surface area (Å²) in [5.74, 6) is -0.802. The van der Waals surface area contributed by atoms with Gasteiger partial charge in [-0.05, 0) is 27.4 Å². The van der Waals surface area contributed by atoms with Gasteiger partial charge in [0.2, 0.25) is 0 Å². The maximum Gasteiger partial charge on any atom is 0.342 e. The molecule has 0 radical (unpaired) electrons. The molecular weight excluding hydrogens is 182 g/mol. The van der Waals surface area contributed by atoms with E-state index in [2.05, 4.69) is 0 Å². The van der Waals surface area contributed by atoms with Crippen LogP contribution in [-0.2, 0) is 14.3 Å². The largest absolute Gasteiger partial charge is 0.446 e. The van der Waals surface area contributed by atoms with Crippen LogP contribution in [-0.4, -0.2) is 37.5 Å². The monoisotopic (exact) mass is 199 g/mol. The summed E-state index contributed by atoms with van der Waals surface area (Å²) in [6, 6.07) is 0. The van der Waals surface area contributed by atoms with E-state index >= 15 is 0 Å². The third-order valence-electron chi connectivity index (χ3n) is 1.46. The van der Waals surface area contributed by atoms with E-state index in [1.54, 1.807) is 25.1 Å². The second kappa shape index (κ2) is 6.32. The number of ether oxygens (including phenoxy) is 1. The minimum absolute atomic E-state index is 0.134. The Morgan fingerprint density at radius 2 is 1.93 bits per heavy atom. The second-order valence-corrected chi connectivity index (χ2v) is 3.22. The van der Waals surface area contributed by atoms with Crippen LogP contribution >= 0.6 is 0 Å².